The molecule has 1 aliphatic carbocycles. The van der Waals surface area contributed by atoms with Gasteiger partial charge >= 0.3 is 0 Å². The Morgan fingerprint density at radius 3 is 2.28 bits per heavy atom. The minimum absolute atomic E-state index is 0.769. The van der Waals surface area contributed by atoms with Crippen LogP contribution in [0.1, 0.15) is 71.1 Å². The second-order valence-corrected chi connectivity index (χ2v) is 6.22. The number of hydrogen-bond donors (Lipinski definition) is 1. The maximum absolute atomic E-state index is 3.84. The van der Waals surface area contributed by atoms with Gasteiger partial charge in [-0.3, -0.25) is 4.90 Å². The fraction of sp³-hybridized carbons (Fsp3) is 1.00. The molecule has 0 radical (unpaired) electrons. The highest BCUT2D eigenvalue weighted by molar-refractivity contribution is 4.87. The van der Waals surface area contributed by atoms with Gasteiger partial charge in [-0.25, -0.2) is 0 Å². The monoisotopic (exact) mass is 252 g/mol. The van der Waals surface area contributed by atoms with Gasteiger partial charge in [-0.2, -0.15) is 0 Å². The van der Waals surface area contributed by atoms with Crippen molar-refractivity contribution < 1.29 is 0 Å². The van der Waals surface area contributed by atoms with E-state index in [0.29, 0.717) is 0 Å². The van der Waals surface area contributed by atoms with Crippen molar-refractivity contribution in [3.63, 3.8) is 0 Å². The van der Waals surface area contributed by atoms with Crippen molar-refractivity contribution in [3.05, 3.63) is 0 Å². The van der Waals surface area contributed by atoms with E-state index in [1.807, 2.05) is 0 Å². The van der Waals surface area contributed by atoms with Gasteiger partial charge in [0.15, 0.2) is 0 Å². The molecule has 0 bridgehead atoms. The van der Waals surface area contributed by atoms with E-state index in [1.54, 1.807) is 0 Å². The summed E-state index contributed by atoms with van der Waals surface area (Å²) in [7, 11) is 0. The van der Waals surface area contributed by atoms with Gasteiger partial charge in [-0.05, 0) is 51.7 Å². The lowest BCUT2D eigenvalue weighted by molar-refractivity contribution is 0.153. The van der Waals surface area contributed by atoms with Crippen LogP contribution in [0.3, 0.4) is 0 Å². The molecular formula is C16H32N2. The minimum Gasteiger partial charge on any atom is -0.312 e. The average molecular weight is 252 g/mol. The van der Waals surface area contributed by atoms with Gasteiger partial charge in [0.1, 0.15) is 0 Å². The quantitative estimate of drug-likeness (QED) is 0.770. The first-order chi connectivity index (χ1) is 8.92. The van der Waals surface area contributed by atoms with Gasteiger partial charge in [0, 0.05) is 12.1 Å². The van der Waals surface area contributed by atoms with Crippen molar-refractivity contribution in [2.45, 2.75) is 83.2 Å². The molecule has 2 nitrogen and oxygen atoms in total. The van der Waals surface area contributed by atoms with E-state index < -0.39 is 0 Å². The molecule has 0 aromatic carbocycles. The molecule has 1 aliphatic heterocycles. The Morgan fingerprint density at radius 1 is 0.889 bits per heavy atom. The van der Waals surface area contributed by atoms with E-state index in [-0.39, 0.29) is 0 Å². The SMILES string of the molecule is CCCNC1CCCCCC1N1CCCCCC1. The van der Waals surface area contributed by atoms with E-state index in [4.69, 9.17) is 0 Å². The first-order valence-electron chi connectivity index (χ1n) is 8.39. The predicted molar refractivity (Wildman–Crippen MR) is 79.0 cm³/mol. The molecule has 0 aromatic heterocycles. The van der Waals surface area contributed by atoms with Gasteiger partial charge in [-0.15, -0.1) is 0 Å². The summed E-state index contributed by atoms with van der Waals surface area (Å²) in [5, 5.41) is 3.84. The van der Waals surface area contributed by atoms with Crippen LogP contribution in [0, 0.1) is 0 Å². The fourth-order valence-corrected chi connectivity index (χ4v) is 3.72. The van der Waals surface area contributed by atoms with Gasteiger partial charge in [0.2, 0.25) is 0 Å². The lowest BCUT2D eigenvalue weighted by Gasteiger charge is -2.36. The third-order valence-corrected chi connectivity index (χ3v) is 4.75. The lowest BCUT2D eigenvalue weighted by Crippen LogP contribution is -2.50. The molecule has 18 heavy (non-hydrogen) atoms. The molecule has 1 N–H and O–H groups in total. The van der Waals surface area contributed by atoms with Crippen LogP contribution in [0.5, 0.6) is 0 Å². The Morgan fingerprint density at radius 2 is 1.56 bits per heavy atom. The topological polar surface area (TPSA) is 15.3 Å². The van der Waals surface area contributed by atoms with E-state index in [1.165, 1.54) is 83.8 Å². The highest BCUT2D eigenvalue weighted by atomic mass is 15.2. The van der Waals surface area contributed by atoms with Crippen LogP contribution in [-0.2, 0) is 0 Å². The standard InChI is InChI=1S/C16H32N2/c1-2-12-17-15-10-6-5-7-11-16(15)18-13-8-3-4-9-14-18/h15-17H,2-14H2,1H3. The second kappa shape index (κ2) is 8.16. The largest absolute Gasteiger partial charge is 0.312 e. The highest BCUT2D eigenvalue weighted by Crippen LogP contribution is 2.25. The lowest BCUT2D eigenvalue weighted by atomic mass is 10.0. The first-order valence-corrected chi connectivity index (χ1v) is 8.39. The smallest absolute Gasteiger partial charge is 0.0249 e. The van der Waals surface area contributed by atoms with E-state index in [2.05, 4.69) is 17.1 Å². The van der Waals surface area contributed by atoms with Gasteiger partial charge in [0.25, 0.3) is 0 Å². The molecule has 2 atom stereocenters. The van der Waals surface area contributed by atoms with Crippen LogP contribution in [0.4, 0.5) is 0 Å². The Kier molecular flexibility index (Phi) is 6.50. The van der Waals surface area contributed by atoms with Gasteiger partial charge in [-0.1, -0.05) is 39.0 Å². The molecule has 2 unspecified atom stereocenters. The molecule has 1 heterocycles. The van der Waals surface area contributed by atoms with Crippen molar-refractivity contribution in [1.82, 2.24) is 10.2 Å². The zero-order chi connectivity index (χ0) is 12.6. The summed E-state index contributed by atoms with van der Waals surface area (Å²) in [4.78, 5) is 2.83. The number of rotatable bonds is 4. The van der Waals surface area contributed by atoms with Crippen molar-refractivity contribution in [2.24, 2.45) is 0 Å². The van der Waals surface area contributed by atoms with Crippen LogP contribution in [0.15, 0.2) is 0 Å². The van der Waals surface area contributed by atoms with Gasteiger partial charge < -0.3 is 5.32 Å². The molecule has 2 aliphatic rings. The summed E-state index contributed by atoms with van der Waals surface area (Å²) in [6, 6.07) is 1.60. The highest BCUT2D eigenvalue weighted by Gasteiger charge is 2.28. The molecule has 0 aromatic rings. The number of hydrogen-bond acceptors (Lipinski definition) is 2. The minimum atomic E-state index is 0.769. The first kappa shape index (κ1) is 14.3. The van der Waals surface area contributed by atoms with Gasteiger partial charge in [0.05, 0.1) is 0 Å². The Labute approximate surface area is 114 Å². The average Bonchev–Trinajstić information content (AvgIpc) is 2.78. The third-order valence-electron chi connectivity index (χ3n) is 4.75. The summed E-state index contributed by atoms with van der Waals surface area (Å²) in [5.41, 5.74) is 0. The van der Waals surface area contributed by atoms with Crippen molar-refractivity contribution >= 4 is 0 Å². The molecule has 106 valence electrons. The Hall–Kier alpha value is -0.0800. The maximum atomic E-state index is 3.84. The molecular weight excluding hydrogens is 220 g/mol. The van der Waals surface area contributed by atoms with E-state index in [0.717, 1.165) is 12.1 Å². The van der Waals surface area contributed by atoms with Crippen molar-refractivity contribution in [2.75, 3.05) is 19.6 Å². The Balaban J connectivity index is 1.94. The zero-order valence-corrected chi connectivity index (χ0v) is 12.3. The molecule has 0 amide bonds. The predicted octanol–water partition coefficient (Wildman–Crippen LogP) is 3.56. The fourth-order valence-electron chi connectivity index (χ4n) is 3.72. The van der Waals surface area contributed by atoms with Crippen LogP contribution in [0.25, 0.3) is 0 Å². The molecule has 2 rings (SSSR count). The summed E-state index contributed by atoms with van der Waals surface area (Å²) < 4.78 is 0. The van der Waals surface area contributed by atoms with Crippen molar-refractivity contribution in [1.29, 1.82) is 0 Å². The molecule has 1 saturated carbocycles. The summed E-state index contributed by atoms with van der Waals surface area (Å²) >= 11 is 0. The van der Waals surface area contributed by atoms with Crippen LogP contribution >= 0.6 is 0 Å². The van der Waals surface area contributed by atoms with Crippen molar-refractivity contribution in [3.8, 4) is 0 Å². The van der Waals surface area contributed by atoms with E-state index in [9.17, 15) is 0 Å². The number of nitrogens with zero attached hydrogens (tertiary/aromatic N) is 1. The molecule has 2 heteroatoms. The second-order valence-electron chi connectivity index (χ2n) is 6.22. The molecule has 1 saturated heterocycles. The normalized spacial score (nSPS) is 31.8. The maximum Gasteiger partial charge on any atom is 0.0249 e. The summed E-state index contributed by atoms with van der Waals surface area (Å²) in [6.07, 6.45) is 14.2. The summed E-state index contributed by atoms with van der Waals surface area (Å²) in [5.74, 6) is 0. The third kappa shape index (κ3) is 4.24. The van der Waals surface area contributed by atoms with E-state index >= 15 is 0 Å². The number of likely N-dealkylation sites (tertiary alicyclic amines) is 1. The Bertz CT molecular complexity index is 209. The molecule has 2 fully saturated rings. The number of nitrogens with one attached hydrogen (secondary N) is 1. The molecule has 0 spiro atoms. The van der Waals surface area contributed by atoms with Crippen LogP contribution in [0.2, 0.25) is 0 Å². The van der Waals surface area contributed by atoms with Crippen LogP contribution in [-0.4, -0.2) is 36.6 Å². The zero-order valence-electron chi connectivity index (χ0n) is 12.3. The summed E-state index contributed by atoms with van der Waals surface area (Å²) in [6.45, 7) is 6.20. The van der Waals surface area contributed by atoms with Crippen LogP contribution < -0.4 is 5.32 Å².